The van der Waals surface area contributed by atoms with Crippen molar-refractivity contribution < 1.29 is 22.8 Å². The molecule has 1 amide bonds. The van der Waals surface area contributed by atoms with Crippen LogP contribution in [-0.4, -0.2) is 70.1 Å². The first-order valence-corrected chi connectivity index (χ1v) is 11.5. The highest BCUT2D eigenvalue weighted by Crippen LogP contribution is 2.23. The summed E-state index contributed by atoms with van der Waals surface area (Å²) >= 11 is 0. The van der Waals surface area contributed by atoms with E-state index in [-0.39, 0.29) is 16.3 Å². The van der Waals surface area contributed by atoms with E-state index >= 15 is 0 Å². The quantitative estimate of drug-likeness (QED) is 0.702. The topological polar surface area (TPSA) is 80.2 Å². The summed E-state index contributed by atoms with van der Waals surface area (Å²) in [6.07, 6.45) is 1.77. The number of hydrogen-bond donors (Lipinski definition) is 2. The number of rotatable bonds is 6. The Balaban J connectivity index is 1.72. The van der Waals surface area contributed by atoms with Crippen LogP contribution in [0, 0.1) is 6.92 Å². The van der Waals surface area contributed by atoms with Gasteiger partial charge in [-0.1, -0.05) is 6.07 Å². The van der Waals surface area contributed by atoms with Gasteiger partial charge in [0.05, 0.1) is 24.7 Å². The Labute approximate surface area is 168 Å². The number of quaternary nitrogens is 1. The van der Waals surface area contributed by atoms with E-state index in [1.807, 2.05) is 6.92 Å². The average Bonchev–Trinajstić information content (AvgIpc) is 3.23. The molecule has 1 aromatic rings. The molecule has 2 fully saturated rings. The van der Waals surface area contributed by atoms with Crippen LogP contribution in [0.5, 0.6) is 0 Å². The van der Waals surface area contributed by atoms with Crippen molar-refractivity contribution in [3.63, 3.8) is 0 Å². The molecule has 0 saturated carbocycles. The molecule has 2 heterocycles. The first-order valence-electron chi connectivity index (χ1n) is 10.0. The Morgan fingerprint density at radius 1 is 1.21 bits per heavy atom. The van der Waals surface area contributed by atoms with Gasteiger partial charge in [-0.3, -0.25) is 4.79 Å². The van der Waals surface area contributed by atoms with E-state index in [1.54, 1.807) is 12.1 Å². The number of morpholine rings is 1. The molecule has 0 atom stereocenters. The number of carbonyl (C=O) groups excluding carboxylic acids is 1. The van der Waals surface area contributed by atoms with Crippen LogP contribution in [0.2, 0.25) is 0 Å². The van der Waals surface area contributed by atoms with Crippen molar-refractivity contribution in [3.05, 3.63) is 29.3 Å². The van der Waals surface area contributed by atoms with E-state index in [2.05, 4.69) is 19.2 Å². The number of amides is 1. The van der Waals surface area contributed by atoms with E-state index in [4.69, 9.17) is 4.74 Å². The molecule has 0 aliphatic carbocycles. The Hall–Kier alpha value is -1.48. The average molecular weight is 411 g/mol. The van der Waals surface area contributed by atoms with Gasteiger partial charge in [0.15, 0.2) is 0 Å². The molecule has 0 spiro atoms. The van der Waals surface area contributed by atoms with E-state index in [1.165, 1.54) is 15.3 Å². The molecule has 1 aromatic carbocycles. The summed E-state index contributed by atoms with van der Waals surface area (Å²) in [5.74, 6) is -0.225. The molecule has 7 nitrogen and oxygen atoms in total. The van der Waals surface area contributed by atoms with Gasteiger partial charge in [-0.15, -0.1) is 0 Å². The second-order valence-electron chi connectivity index (χ2n) is 8.37. The third-order valence-corrected chi connectivity index (χ3v) is 7.80. The van der Waals surface area contributed by atoms with Crippen molar-refractivity contribution >= 4 is 15.9 Å². The normalized spacial score (nSPS) is 19.7. The van der Waals surface area contributed by atoms with E-state index in [0.717, 1.165) is 44.7 Å². The summed E-state index contributed by atoms with van der Waals surface area (Å²) in [6.45, 7) is 11.0. The maximum atomic E-state index is 12.8. The van der Waals surface area contributed by atoms with Crippen molar-refractivity contribution in [1.82, 2.24) is 9.62 Å². The standard InChI is InChI=1S/C20H31N3O4S/c1-16-6-7-17(28(25,26)23-8-4-5-9-23)14-18(16)19(24)21-15-20(2,3)22-10-12-27-13-11-22/h6-7,14H,4-5,8-13,15H2,1-3H3,(H,21,24)/p+1. The fraction of sp³-hybridized carbons (Fsp3) is 0.650. The van der Waals surface area contributed by atoms with Gasteiger partial charge >= 0.3 is 0 Å². The van der Waals surface area contributed by atoms with Crippen LogP contribution in [0.25, 0.3) is 0 Å². The molecular weight excluding hydrogens is 378 g/mol. The summed E-state index contributed by atoms with van der Waals surface area (Å²) in [7, 11) is -3.54. The van der Waals surface area contributed by atoms with Gasteiger partial charge in [0.2, 0.25) is 10.0 Å². The summed E-state index contributed by atoms with van der Waals surface area (Å²) in [6, 6.07) is 4.84. The van der Waals surface area contributed by atoms with Crippen molar-refractivity contribution in [1.29, 1.82) is 0 Å². The molecule has 2 aliphatic rings. The molecule has 3 rings (SSSR count). The lowest BCUT2D eigenvalue weighted by atomic mass is 10.0. The highest BCUT2D eigenvalue weighted by Gasteiger charge is 2.33. The summed E-state index contributed by atoms with van der Waals surface area (Å²) in [4.78, 5) is 14.4. The summed E-state index contributed by atoms with van der Waals surface area (Å²) < 4.78 is 32.6. The zero-order valence-electron chi connectivity index (χ0n) is 17.1. The lowest BCUT2D eigenvalue weighted by molar-refractivity contribution is -0.954. The Morgan fingerprint density at radius 2 is 1.86 bits per heavy atom. The number of hydrogen-bond acceptors (Lipinski definition) is 4. The lowest BCUT2D eigenvalue weighted by Gasteiger charge is -2.37. The van der Waals surface area contributed by atoms with E-state index in [9.17, 15) is 13.2 Å². The SMILES string of the molecule is Cc1ccc(S(=O)(=O)N2CCCC2)cc1C(=O)NCC(C)(C)[NH+]1CCOCC1. The lowest BCUT2D eigenvalue weighted by Crippen LogP contribution is -3.22. The molecule has 0 radical (unpaired) electrons. The first-order chi connectivity index (χ1) is 13.2. The van der Waals surface area contributed by atoms with Crippen LogP contribution < -0.4 is 10.2 Å². The highest BCUT2D eigenvalue weighted by atomic mass is 32.2. The number of nitrogens with zero attached hydrogens (tertiary/aromatic N) is 1. The number of sulfonamides is 1. The predicted molar refractivity (Wildman–Crippen MR) is 107 cm³/mol. The van der Waals surface area contributed by atoms with Crippen molar-refractivity contribution in [2.45, 2.75) is 44.0 Å². The molecule has 2 aliphatic heterocycles. The van der Waals surface area contributed by atoms with Gasteiger partial charge in [0.25, 0.3) is 5.91 Å². The molecule has 28 heavy (non-hydrogen) atoms. The van der Waals surface area contributed by atoms with Crippen LogP contribution >= 0.6 is 0 Å². The highest BCUT2D eigenvalue weighted by molar-refractivity contribution is 7.89. The van der Waals surface area contributed by atoms with Gasteiger partial charge in [0.1, 0.15) is 18.6 Å². The van der Waals surface area contributed by atoms with Crippen LogP contribution in [0.3, 0.4) is 0 Å². The molecule has 0 unspecified atom stereocenters. The number of carbonyl (C=O) groups is 1. The van der Waals surface area contributed by atoms with Gasteiger partial charge in [-0.05, 0) is 51.3 Å². The Bertz CT molecular complexity index is 811. The molecule has 2 N–H and O–H groups in total. The van der Waals surface area contributed by atoms with Crippen LogP contribution in [0.1, 0.15) is 42.6 Å². The van der Waals surface area contributed by atoms with E-state index in [0.29, 0.717) is 25.2 Å². The van der Waals surface area contributed by atoms with Gasteiger partial charge in [-0.2, -0.15) is 4.31 Å². The van der Waals surface area contributed by atoms with Crippen molar-refractivity contribution in [3.8, 4) is 0 Å². The zero-order chi connectivity index (χ0) is 20.4. The fourth-order valence-electron chi connectivity index (χ4n) is 3.90. The van der Waals surface area contributed by atoms with Crippen LogP contribution in [-0.2, 0) is 14.8 Å². The maximum Gasteiger partial charge on any atom is 0.251 e. The molecule has 2 saturated heterocycles. The monoisotopic (exact) mass is 410 g/mol. The van der Waals surface area contributed by atoms with Gasteiger partial charge in [-0.25, -0.2) is 8.42 Å². The largest absolute Gasteiger partial charge is 0.370 e. The number of aryl methyl sites for hydroxylation is 1. The van der Waals surface area contributed by atoms with Gasteiger partial charge < -0.3 is 15.0 Å². The fourth-order valence-corrected chi connectivity index (χ4v) is 5.44. The molecular formula is C20H32N3O4S+. The molecule has 8 heteroatoms. The third kappa shape index (κ3) is 4.56. The predicted octanol–water partition coefficient (Wildman–Crippen LogP) is 0.203. The summed E-state index contributed by atoms with van der Waals surface area (Å²) in [5, 5.41) is 3.02. The molecule has 0 bridgehead atoms. The third-order valence-electron chi connectivity index (χ3n) is 5.90. The zero-order valence-corrected chi connectivity index (χ0v) is 17.9. The maximum absolute atomic E-state index is 12.8. The first kappa shape index (κ1) is 21.2. The van der Waals surface area contributed by atoms with Crippen LogP contribution in [0.15, 0.2) is 23.1 Å². The summed E-state index contributed by atoms with van der Waals surface area (Å²) in [5.41, 5.74) is 1.08. The number of nitrogens with one attached hydrogen (secondary N) is 2. The van der Waals surface area contributed by atoms with Gasteiger partial charge in [0, 0.05) is 18.7 Å². The minimum Gasteiger partial charge on any atom is -0.370 e. The van der Waals surface area contributed by atoms with Crippen LogP contribution in [0.4, 0.5) is 0 Å². The molecule has 0 aromatic heterocycles. The van der Waals surface area contributed by atoms with Crippen molar-refractivity contribution in [2.24, 2.45) is 0 Å². The number of ether oxygens (including phenoxy) is 1. The smallest absolute Gasteiger partial charge is 0.251 e. The Kier molecular flexibility index (Phi) is 6.44. The minimum absolute atomic E-state index is 0.118. The second-order valence-corrected chi connectivity index (χ2v) is 10.3. The minimum atomic E-state index is -3.54. The molecule has 156 valence electrons. The Morgan fingerprint density at radius 3 is 2.50 bits per heavy atom. The number of benzene rings is 1. The van der Waals surface area contributed by atoms with E-state index < -0.39 is 10.0 Å². The van der Waals surface area contributed by atoms with Crippen molar-refractivity contribution in [2.75, 3.05) is 45.9 Å². The second kappa shape index (κ2) is 8.49.